The number of hydrogen-bond donors (Lipinski definition) is 1. The molecule has 39 heavy (non-hydrogen) atoms. The van der Waals surface area contributed by atoms with Gasteiger partial charge in [-0.05, 0) is 93.6 Å². The zero-order chi connectivity index (χ0) is 28.2. The lowest BCUT2D eigenvalue weighted by atomic mass is 10.1. The predicted molar refractivity (Wildman–Crippen MR) is 136 cm³/mol. The van der Waals surface area contributed by atoms with Gasteiger partial charge in [0.25, 0.3) is 0 Å². The van der Waals surface area contributed by atoms with Crippen LogP contribution in [0.25, 0.3) is 11.5 Å². The number of aryl methyl sites for hydroxylation is 1. The van der Waals surface area contributed by atoms with Crippen molar-refractivity contribution in [1.82, 2.24) is 4.98 Å². The van der Waals surface area contributed by atoms with E-state index in [0.29, 0.717) is 47.5 Å². The molecule has 0 aliphatic heterocycles. The average Bonchev–Trinajstić information content (AvgIpc) is 3.25. The lowest BCUT2D eigenvalue weighted by molar-refractivity contribution is -0.152. The summed E-state index contributed by atoms with van der Waals surface area (Å²) in [6.45, 7) is 5.09. The maximum atomic E-state index is 12.7. The van der Waals surface area contributed by atoms with Crippen LogP contribution < -0.4 is 14.2 Å². The quantitative estimate of drug-likeness (QED) is 0.225. The molecule has 10 heteroatoms. The predicted octanol–water partition coefficient (Wildman–Crippen LogP) is 7.32. The molecule has 7 nitrogen and oxygen atoms in total. The van der Waals surface area contributed by atoms with Crippen molar-refractivity contribution in [2.24, 2.45) is 0 Å². The van der Waals surface area contributed by atoms with Gasteiger partial charge in [-0.3, -0.25) is 0 Å². The van der Waals surface area contributed by atoms with Gasteiger partial charge in [-0.15, -0.1) is 0 Å². The molecule has 3 aromatic carbocycles. The van der Waals surface area contributed by atoms with E-state index in [1.54, 1.807) is 48.5 Å². The maximum Gasteiger partial charge on any atom is 0.416 e. The summed E-state index contributed by atoms with van der Waals surface area (Å²) >= 11 is 0. The summed E-state index contributed by atoms with van der Waals surface area (Å²) in [6, 6.07) is 18.0. The SMILES string of the molecule is Cc1oc(-c2ccc(Oc3ccc(C(F)(F)F)cc3)cc2)nc1CCOc1ccc(OC(C)(C)C(=O)O)cc1. The Bertz CT molecular complexity index is 1410. The van der Waals surface area contributed by atoms with E-state index in [0.717, 1.165) is 17.8 Å². The summed E-state index contributed by atoms with van der Waals surface area (Å²) in [5.41, 5.74) is -0.636. The second-order valence-corrected chi connectivity index (χ2v) is 9.16. The fraction of sp³-hybridized carbons (Fsp3) is 0.241. The number of carbonyl (C=O) groups is 1. The molecule has 0 atom stereocenters. The number of benzene rings is 3. The van der Waals surface area contributed by atoms with Gasteiger partial charge in [0.2, 0.25) is 5.89 Å². The normalized spacial score (nSPS) is 11.7. The number of aromatic nitrogens is 1. The molecule has 0 unspecified atom stereocenters. The smallest absolute Gasteiger partial charge is 0.416 e. The highest BCUT2D eigenvalue weighted by Gasteiger charge is 2.30. The van der Waals surface area contributed by atoms with Gasteiger partial charge in [0, 0.05) is 12.0 Å². The highest BCUT2D eigenvalue weighted by Crippen LogP contribution is 2.32. The molecule has 1 N–H and O–H groups in total. The zero-order valence-corrected chi connectivity index (χ0v) is 21.4. The van der Waals surface area contributed by atoms with Crippen LogP contribution in [0.15, 0.2) is 77.2 Å². The van der Waals surface area contributed by atoms with Crippen molar-refractivity contribution in [3.8, 4) is 34.5 Å². The minimum atomic E-state index is -4.40. The van der Waals surface area contributed by atoms with E-state index < -0.39 is 23.3 Å². The first-order valence-corrected chi connectivity index (χ1v) is 12.0. The van der Waals surface area contributed by atoms with E-state index in [1.807, 2.05) is 6.92 Å². The Hall–Kier alpha value is -4.47. The number of ether oxygens (including phenoxy) is 3. The van der Waals surface area contributed by atoms with Crippen LogP contribution in [0.4, 0.5) is 13.2 Å². The van der Waals surface area contributed by atoms with Crippen molar-refractivity contribution >= 4 is 5.97 Å². The number of oxazole rings is 1. The topological polar surface area (TPSA) is 91.0 Å². The van der Waals surface area contributed by atoms with Crippen LogP contribution in [0.2, 0.25) is 0 Å². The van der Waals surface area contributed by atoms with Crippen molar-refractivity contribution < 1.29 is 41.7 Å². The van der Waals surface area contributed by atoms with E-state index in [9.17, 15) is 23.1 Å². The van der Waals surface area contributed by atoms with Crippen LogP contribution in [0.5, 0.6) is 23.0 Å². The van der Waals surface area contributed by atoms with Crippen LogP contribution in [-0.2, 0) is 17.4 Å². The molecule has 1 heterocycles. The number of rotatable bonds is 10. The van der Waals surface area contributed by atoms with Crippen LogP contribution in [-0.4, -0.2) is 28.3 Å². The van der Waals surface area contributed by atoms with E-state index in [4.69, 9.17) is 18.6 Å². The van der Waals surface area contributed by atoms with Gasteiger partial charge in [0.15, 0.2) is 5.60 Å². The number of carboxylic acid groups (broad SMARTS) is 1. The van der Waals surface area contributed by atoms with E-state index >= 15 is 0 Å². The van der Waals surface area contributed by atoms with Crippen molar-refractivity contribution in [3.05, 3.63) is 89.8 Å². The Labute approximate surface area is 222 Å². The molecular weight excluding hydrogens is 515 g/mol. The van der Waals surface area contributed by atoms with Gasteiger partial charge >= 0.3 is 12.1 Å². The molecule has 4 rings (SSSR count). The second kappa shape index (κ2) is 11.1. The Morgan fingerprint density at radius 3 is 1.97 bits per heavy atom. The summed E-state index contributed by atoms with van der Waals surface area (Å²) < 4.78 is 60.9. The molecule has 0 aliphatic carbocycles. The molecule has 0 spiro atoms. The van der Waals surface area contributed by atoms with Crippen molar-refractivity contribution in [3.63, 3.8) is 0 Å². The highest BCUT2D eigenvalue weighted by atomic mass is 19.4. The van der Waals surface area contributed by atoms with Crippen molar-refractivity contribution in [1.29, 1.82) is 0 Å². The zero-order valence-electron chi connectivity index (χ0n) is 21.4. The summed E-state index contributed by atoms with van der Waals surface area (Å²) in [5.74, 6) is 1.77. The number of hydrogen-bond acceptors (Lipinski definition) is 6. The monoisotopic (exact) mass is 541 g/mol. The van der Waals surface area contributed by atoms with E-state index in [1.165, 1.54) is 26.0 Å². The Balaban J connectivity index is 1.31. The first kappa shape index (κ1) is 27.6. The largest absolute Gasteiger partial charge is 0.493 e. The number of nitrogens with zero attached hydrogens (tertiary/aromatic N) is 1. The average molecular weight is 542 g/mol. The molecule has 0 radical (unpaired) electrons. The first-order valence-electron chi connectivity index (χ1n) is 12.0. The number of carboxylic acids is 1. The van der Waals surface area contributed by atoms with Crippen molar-refractivity contribution in [2.75, 3.05) is 6.61 Å². The molecule has 0 bridgehead atoms. The maximum absolute atomic E-state index is 12.7. The standard InChI is InChI=1S/C29H26F3NO6/c1-18-25(16-17-36-21-12-14-24(15-13-21)39-28(2,3)27(34)35)33-26(37-18)19-4-8-22(9-5-19)38-23-10-6-20(7-11-23)29(30,31)32/h4-15H,16-17H2,1-3H3,(H,34,35). The minimum absolute atomic E-state index is 0.288. The molecule has 1 aromatic heterocycles. The van der Waals surface area contributed by atoms with Gasteiger partial charge in [-0.2, -0.15) is 13.2 Å². The third kappa shape index (κ3) is 7.10. The van der Waals surface area contributed by atoms with Gasteiger partial charge in [-0.1, -0.05) is 0 Å². The number of halogens is 3. The van der Waals surface area contributed by atoms with Crippen LogP contribution in [0.1, 0.15) is 30.9 Å². The van der Waals surface area contributed by atoms with Gasteiger partial charge in [0.05, 0.1) is 17.9 Å². The van der Waals surface area contributed by atoms with Crippen LogP contribution >= 0.6 is 0 Å². The van der Waals surface area contributed by atoms with Crippen LogP contribution in [0, 0.1) is 6.92 Å². The molecule has 4 aromatic rings. The molecule has 0 amide bonds. The fourth-order valence-corrected chi connectivity index (χ4v) is 3.50. The number of alkyl halides is 3. The molecule has 0 fully saturated rings. The Morgan fingerprint density at radius 2 is 1.41 bits per heavy atom. The second-order valence-electron chi connectivity index (χ2n) is 9.16. The molecule has 0 aliphatic rings. The molecule has 0 saturated heterocycles. The highest BCUT2D eigenvalue weighted by molar-refractivity contribution is 5.76. The molecule has 204 valence electrons. The summed E-state index contributed by atoms with van der Waals surface area (Å²) in [5, 5.41) is 9.18. The van der Waals surface area contributed by atoms with E-state index in [-0.39, 0.29) is 5.75 Å². The van der Waals surface area contributed by atoms with Crippen LogP contribution in [0.3, 0.4) is 0 Å². The Kier molecular flexibility index (Phi) is 7.85. The summed E-state index contributed by atoms with van der Waals surface area (Å²) in [6.07, 6.45) is -3.91. The Morgan fingerprint density at radius 1 is 0.872 bits per heavy atom. The van der Waals surface area contributed by atoms with Gasteiger partial charge < -0.3 is 23.7 Å². The third-order valence-corrected chi connectivity index (χ3v) is 5.73. The third-order valence-electron chi connectivity index (χ3n) is 5.73. The van der Waals surface area contributed by atoms with E-state index in [2.05, 4.69) is 4.98 Å². The molecular formula is C29H26F3NO6. The first-order chi connectivity index (χ1) is 18.4. The van der Waals surface area contributed by atoms with Gasteiger partial charge in [0.1, 0.15) is 28.8 Å². The molecule has 0 saturated carbocycles. The lowest BCUT2D eigenvalue weighted by Crippen LogP contribution is -2.37. The van der Waals surface area contributed by atoms with Gasteiger partial charge in [-0.25, -0.2) is 9.78 Å². The lowest BCUT2D eigenvalue weighted by Gasteiger charge is -2.21. The summed E-state index contributed by atoms with van der Waals surface area (Å²) in [7, 11) is 0. The summed E-state index contributed by atoms with van der Waals surface area (Å²) in [4.78, 5) is 15.8. The fourth-order valence-electron chi connectivity index (χ4n) is 3.50. The van der Waals surface area contributed by atoms with Crippen molar-refractivity contribution in [2.45, 2.75) is 39.0 Å². The minimum Gasteiger partial charge on any atom is -0.493 e. The number of aliphatic carboxylic acids is 1.